The molecule has 8 heteroatoms. The molecule has 0 spiro atoms. The maximum Gasteiger partial charge on any atom is 0.322 e. The summed E-state index contributed by atoms with van der Waals surface area (Å²) in [6, 6.07) is 5.58. The van der Waals surface area contributed by atoms with E-state index in [9.17, 15) is 19.7 Å². The second-order valence-electron chi connectivity index (χ2n) is 3.18. The van der Waals surface area contributed by atoms with Crippen LogP contribution in [0, 0.1) is 10.1 Å². The number of carbonyl (C=O) groups excluding carboxylic acids is 1. The monoisotopic (exact) mass is 254 g/mol. The van der Waals surface area contributed by atoms with Crippen LogP contribution in [0.3, 0.4) is 0 Å². The molecule has 2 N–H and O–H groups in total. The zero-order valence-corrected chi connectivity index (χ0v) is 9.16. The number of carboxylic acids is 1. The number of aliphatic carboxylic acids is 1. The molecule has 1 aromatic rings. The number of ether oxygens (including phenoxy) is 1. The van der Waals surface area contributed by atoms with Crippen LogP contribution in [0.1, 0.15) is 0 Å². The van der Waals surface area contributed by atoms with Gasteiger partial charge >= 0.3 is 11.7 Å². The number of carbonyl (C=O) groups is 2. The zero-order chi connectivity index (χ0) is 13.5. The summed E-state index contributed by atoms with van der Waals surface area (Å²) in [5, 5.41) is 21.0. The van der Waals surface area contributed by atoms with Gasteiger partial charge in [0, 0.05) is 6.07 Å². The number of hydrogen-bond donors (Lipinski definition) is 2. The van der Waals surface area contributed by atoms with E-state index in [-0.39, 0.29) is 11.4 Å². The van der Waals surface area contributed by atoms with Crippen molar-refractivity contribution in [1.82, 2.24) is 5.32 Å². The summed E-state index contributed by atoms with van der Waals surface area (Å²) in [6.07, 6.45) is 0. The van der Waals surface area contributed by atoms with Gasteiger partial charge in [-0.1, -0.05) is 12.1 Å². The molecule has 0 aliphatic rings. The van der Waals surface area contributed by atoms with Crippen molar-refractivity contribution in [3.05, 3.63) is 34.4 Å². The molecule has 0 aliphatic carbocycles. The van der Waals surface area contributed by atoms with Crippen molar-refractivity contribution in [2.45, 2.75) is 0 Å². The predicted molar refractivity (Wildman–Crippen MR) is 59.2 cm³/mol. The second-order valence-corrected chi connectivity index (χ2v) is 3.18. The standard InChI is InChI=1S/C10H10N2O6/c13-9(11-5-10(14)15)6-18-8-4-2-1-3-7(8)12(16)17/h1-4H,5-6H2,(H,11,13)(H,14,15). The Hall–Kier alpha value is -2.64. The molecule has 1 amide bonds. The highest BCUT2D eigenvalue weighted by Gasteiger charge is 2.14. The van der Waals surface area contributed by atoms with Crippen LogP contribution in [-0.2, 0) is 9.59 Å². The van der Waals surface area contributed by atoms with E-state index in [1.165, 1.54) is 24.3 Å². The summed E-state index contributed by atoms with van der Waals surface area (Å²) in [6.45, 7) is -1.02. The van der Waals surface area contributed by atoms with E-state index in [0.29, 0.717) is 0 Å². The Morgan fingerprint density at radius 3 is 2.67 bits per heavy atom. The van der Waals surface area contributed by atoms with Crippen LogP contribution in [0.5, 0.6) is 5.75 Å². The van der Waals surface area contributed by atoms with Crippen molar-refractivity contribution in [2.75, 3.05) is 13.2 Å². The number of benzene rings is 1. The summed E-state index contributed by atoms with van der Waals surface area (Å²) in [4.78, 5) is 31.3. The quantitative estimate of drug-likeness (QED) is 0.551. The summed E-state index contributed by atoms with van der Waals surface area (Å²) < 4.78 is 4.95. The van der Waals surface area contributed by atoms with Crippen LogP contribution < -0.4 is 10.1 Å². The van der Waals surface area contributed by atoms with Gasteiger partial charge in [0.05, 0.1) is 4.92 Å². The molecule has 0 bridgehead atoms. The van der Waals surface area contributed by atoms with Crippen molar-refractivity contribution in [1.29, 1.82) is 0 Å². The minimum atomic E-state index is -1.19. The lowest BCUT2D eigenvalue weighted by Crippen LogP contribution is -2.33. The topological polar surface area (TPSA) is 119 Å². The molecule has 0 saturated carbocycles. The summed E-state index contributed by atoms with van der Waals surface area (Å²) in [5.41, 5.74) is -0.261. The number of amides is 1. The van der Waals surface area contributed by atoms with E-state index < -0.39 is 30.0 Å². The first-order chi connectivity index (χ1) is 8.50. The van der Waals surface area contributed by atoms with E-state index in [2.05, 4.69) is 5.32 Å². The second kappa shape index (κ2) is 6.18. The first-order valence-electron chi connectivity index (χ1n) is 4.85. The fourth-order valence-corrected chi connectivity index (χ4v) is 1.10. The van der Waals surface area contributed by atoms with E-state index >= 15 is 0 Å². The van der Waals surface area contributed by atoms with Crippen molar-refractivity contribution in [3.63, 3.8) is 0 Å². The number of nitro groups is 1. The van der Waals surface area contributed by atoms with Crippen LogP contribution in [-0.4, -0.2) is 35.1 Å². The number of hydrogen-bond acceptors (Lipinski definition) is 5. The van der Waals surface area contributed by atoms with Crippen LogP contribution in [0.15, 0.2) is 24.3 Å². The number of nitro benzene ring substituents is 1. The lowest BCUT2D eigenvalue weighted by atomic mass is 10.3. The van der Waals surface area contributed by atoms with E-state index in [4.69, 9.17) is 9.84 Å². The third kappa shape index (κ3) is 4.08. The Morgan fingerprint density at radius 1 is 1.39 bits per heavy atom. The van der Waals surface area contributed by atoms with Crippen LogP contribution in [0.25, 0.3) is 0 Å². The van der Waals surface area contributed by atoms with Gasteiger partial charge in [-0.15, -0.1) is 0 Å². The Kier molecular flexibility index (Phi) is 4.61. The van der Waals surface area contributed by atoms with E-state index in [1.54, 1.807) is 0 Å². The lowest BCUT2D eigenvalue weighted by molar-refractivity contribution is -0.385. The van der Waals surface area contributed by atoms with Gasteiger partial charge in [-0.2, -0.15) is 0 Å². The highest BCUT2D eigenvalue weighted by Crippen LogP contribution is 2.25. The van der Waals surface area contributed by atoms with Crippen molar-refractivity contribution >= 4 is 17.6 Å². The molecule has 8 nitrogen and oxygen atoms in total. The van der Waals surface area contributed by atoms with Crippen molar-refractivity contribution in [3.8, 4) is 5.75 Å². The maximum absolute atomic E-state index is 11.1. The Labute approximate surface area is 101 Å². The molecule has 0 unspecified atom stereocenters. The number of carboxylic acid groups (broad SMARTS) is 1. The largest absolute Gasteiger partial charge is 0.480 e. The highest BCUT2D eigenvalue weighted by atomic mass is 16.6. The van der Waals surface area contributed by atoms with Crippen LogP contribution in [0.2, 0.25) is 0 Å². The molecule has 1 aromatic carbocycles. The van der Waals surface area contributed by atoms with Gasteiger partial charge in [0.1, 0.15) is 6.54 Å². The average Bonchev–Trinajstić information content (AvgIpc) is 2.34. The first-order valence-corrected chi connectivity index (χ1v) is 4.85. The fraction of sp³-hybridized carbons (Fsp3) is 0.200. The molecule has 0 radical (unpaired) electrons. The molecule has 18 heavy (non-hydrogen) atoms. The van der Waals surface area contributed by atoms with Gasteiger partial charge in [0.25, 0.3) is 5.91 Å². The lowest BCUT2D eigenvalue weighted by Gasteiger charge is -2.06. The predicted octanol–water partition coefficient (Wildman–Crippen LogP) is 0.174. The highest BCUT2D eigenvalue weighted by molar-refractivity contribution is 5.82. The summed E-state index contributed by atoms with van der Waals surface area (Å²) in [5.74, 6) is -1.91. The minimum Gasteiger partial charge on any atom is -0.480 e. The van der Waals surface area contributed by atoms with Gasteiger partial charge < -0.3 is 15.2 Å². The molecule has 0 heterocycles. The fourth-order valence-electron chi connectivity index (χ4n) is 1.10. The molecule has 1 rings (SSSR count). The molecule has 0 fully saturated rings. The zero-order valence-electron chi connectivity index (χ0n) is 9.16. The molecular weight excluding hydrogens is 244 g/mol. The van der Waals surface area contributed by atoms with Gasteiger partial charge in [-0.3, -0.25) is 19.7 Å². The van der Waals surface area contributed by atoms with Crippen molar-refractivity contribution in [2.24, 2.45) is 0 Å². The summed E-state index contributed by atoms with van der Waals surface area (Å²) in [7, 11) is 0. The molecule has 0 aromatic heterocycles. The molecule has 0 aliphatic heterocycles. The Bertz CT molecular complexity index is 473. The van der Waals surface area contributed by atoms with Crippen LogP contribution >= 0.6 is 0 Å². The smallest absolute Gasteiger partial charge is 0.322 e. The SMILES string of the molecule is O=C(O)CNC(=O)COc1ccccc1[N+](=O)[O-]. The van der Waals surface area contributed by atoms with E-state index in [0.717, 1.165) is 0 Å². The number of rotatable bonds is 6. The van der Waals surface area contributed by atoms with Gasteiger partial charge in [0.2, 0.25) is 0 Å². The molecule has 0 atom stereocenters. The third-order valence-corrected chi connectivity index (χ3v) is 1.86. The average molecular weight is 254 g/mol. The maximum atomic E-state index is 11.1. The Morgan fingerprint density at radius 2 is 2.06 bits per heavy atom. The Balaban J connectivity index is 2.56. The first kappa shape index (κ1) is 13.4. The van der Waals surface area contributed by atoms with Crippen LogP contribution in [0.4, 0.5) is 5.69 Å². The minimum absolute atomic E-state index is 0.0482. The molecular formula is C10H10N2O6. The van der Waals surface area contributed by atoms with Gasteiger partial charge in [-0.05, 0) is 6.07 Å². The van der Waals surface area contributed by atoms with Gasteiger partial charge in [0.15, 0.2) is 12.4 Å². The molecule has 0 saturated heterocycles. The van der Waals surface area contributed by atoms with E-state index in [1.807, 2.05) is 0 Å². The number of para-hydroxylation sites is 2. The van der Waals surface area contributed by atoms with Gasteiger partial charge in [-0.25, -0.2) is 0 Å². The normalized spacial score (nSPS) is 9.56. The molecule has 96 valence electrons. The third-order valence-electron chi connectivity index (χ3n) is 1.86. The number of nitrogens with one attached hydrogen (secondary N) is 1. The van der Waals surface area contributed by atoms with Crippen molar-refractivity contribution < 1.29 is 24.4 Å². The number of nitrogens with zero attached hydrogens (tertiary/aromatic N) is 1. The summed E-state index contributed by atoms with van der Waals surface area (Å²) >= 11 is 0.